The molecule has 4 atom stereocenters. The van der Waals surface area contributed by atoms with E-state index in [9.17, 15) is 4.79 Å². The molecule has 80 valence electrons. The van der Waals surface area contributed by atoms with Crippen LogP contribution in [0, 0.1) is 23.2 Å². The maximum atomic E-state index is 10.9. The van der Waals surface area contributed by atoms with Crippen molar-refractivity contribution < 1.29 is 9.53 Å². The van der Waals surface area contributed by atoms with Crippen LogP contribution in [0.25, 0.3) is 0 Å². The summed E-state index contributed by atoms with van der Waals surface area (Å²) in [7, 11) is 0. The van der Waals surface area contributed by atoms with E-state index in [0.29, 0.717) is 11.3 Å². The lowest BCUT2D eigenvalue weighted by Crippen LogP contribution is -2.57. The van der Waals surface area contributed by atoms with Crippen LogP contribution in [-0.4, -0.2) is 12.1 Å². The van der Waals surface area contributed by atoms with Crippen molar-refractivity contribution >= 4 is 5.97 Å². The van der Waals surface area contributed by atoms with Gasteiger partial charge in [0.15, 0.2) is 0 Å². The van der Waals surface area contributed by atoms with Gasteiger partial charge in [-0.1, -0.05) is 20.8 Å². The van der Waals surface area contributed by atoms with Crippen LogP contribution < -0.4 is 0 Å². The molecule has 0 heterocycles. The Morgan fingerprint density at radius 1 is 1.36 bits per heavy atom. The first-order valence-corrected chi connectivity index (χ1v) is 5.60. The average Bonchev–Trinajstić information content (AvgIpc) is 2.06. The lowest BCUT2D eigenvalue weighted by atomic mass is 9.45. The van der Waals surface area contributed by atoms with E-state index in [0.717, 1.165) is 18.3 Å². The van der Waals surface area contributed by atoms with Crippen molar-refractivity contribution in [3.8, 4) is 0 Å². The van der Waals surface area contributed by atoms with Gasteiger partial charge >= 0.3 is 5.97 Å². The highest BCUT2D eigenvalue weighted by molar-refractivity contribution is 5.66. The minimum atomic E-state index is -0.124. The van der Waals surface area contributed by atoms with Crippen molar-refractivity contribution in [1.29, 1.82) is 0 Å². The second-order valence-electron chi connectivity index (χ2n) is 5.60. The summed E-state index contributed by atoms with van der Waals surface area (Å²) < 4.78 is 5.36. The van der Waals surface area contributed by atoms with Gasteiger partial charge in [-0.15, -0.1) is 0 Å². The van der Waals surface area contributed by atoms with Crippen LogP contribution in [0.3, 0.4) is 0 Å². The Balaban J connectivity index is 2.04. The molecule has 3 rings (SSSR count). The maximum Gasteiger partial charge on any atom is 0.302 e. The largest absolute Gasteiger partial charge is 0.462 e. The third-order valence-corrected chi connectivity index (χ3v) is 4.60. The number of carbonyl (C=O) groups is 1. The second kappa shape index (κ2) is 2.98. The summed E-state index contributed by atoms with van der Waals surface area (Å²) in [5.41, 5.74) is 0.482. The van der Waals surface area contributed by atoms with Crippen molar-refractivity contribution in [1.82, 2.24) is 0 Å². The van der Waals surface area contributed by atoms with Crippen LogP contribution in [0.1, 0.15) is 40.5 Å². The van der Waals surface area contributed by atoms with Crippen LogP contribution in [0.4, 0.5) is 0 Å². The fourth-order valence-electron chi connectivity index (χ4n) is 3.47. The number of rotatable bonds is 1. The van der Waals surface area contributed by atoms with E-state index in [1.54, 1.807) is 0 Å². The highest BCUT2D eigenvalue weighted by Crippen LogP contribution is 2.61. The number of fused-ring (bicyclic) bond motifs is 2. The first kappa shape index (κ1) is 10.0. The van der Waals surface area contributed by atoms with Crippen LogP contribution in [0.5, 0.6) is 0 Å². The monoisotopic (exact) mass is 196 g/mol. The zero-order valence-electron chi connectivity index (χ0n) is 9.54. The minimum absolute atomic E-state index is 0.124. The molecule has 0 spiro atoms. The summed E-state index contributed by atoms with van der Waals surface area (Å²) in [5.74, 6) is 1.94. The highest BCUT2D eigenvalue weighted by atomic mass is 16.5. The molecule has 0 amide bonds. The van der Waals surface area contributed by atoms with Gasteiger partial charge in [0.05, 0.1) is 0 Å². The van der Waals surface area contributed by atoms with Crippen LogP contribution >= 0.6 is 0 Å². The third kappa shape index (κ3) is 1.27. The average molecular weight is 196 g/mol. The van der Waals surface area contributed by atoms with Crippen molar-refractivity contribution in [3.05, 3.63) is 0 Å². The van der Waals surface area contributed by atoms with E-state index in [2.05, 4.69) is 20.8 Å². The van der Waals surface area contributed by atoms with E-state index in [-0.39, 0.29) is 12.1 Å². The first-order chi connectivity index (χ1) is 6.43. The molecule has 0 N–H and O–H groups in total. The normalized spacial score (nSPS) is 44.0. The Kier molecular flexibility index (Phi) is 2.13. The Morgan fingerprint density at radius 3 is 2.43 bits per heavy atom. The second-order valence-corrected chi connectivity index (χ2v) is 5.60. The summed E-state index contributed by atoms with van der Waals surface area (Å²) in [6, 6.07) is 0. The number of hydrogen-bond donors (Lipinski definition) is 0. The molecule has 0 aromatic carbocycles. The van der Waals surface area contributed by atoms with Crippen LogP contribution in [-0.2, 0) is 9.53 Å². The molecule has 0 saturated heterocycles. The predicted octanol–water partition coefficient (Wildman–Crippen LogP) is 2.62. The van der Waals surface area contributed by atoms with Crippen molar-refractivity contribution in [2.45, 2.75) is 46.6 Å². The Bertz CT molecular complexity index is 257. The van der Waals surface area contributed by atoms with Crippen molar-refractivity contribution in [2.75, 3.05) is 0 Å². The van der Waals surface area contributed by atoms with Gasteiger partial charge in [-0.2, -0.15) is 0 Å². The minimum Gasteiger partial charge on any atom is -0.462 e. The van der Waals surface area contributed by atoms with Gasteiger partial charge in [0.25, 0.3) is 0 Å². The molecule has 3 saturated carbocycles. The van der Waals surface area contributed by atoms with Crippen molar-refractivity contribution in [3.63, 3.8) is 0 Å². The van der Waals surface area contributed by atoms with E-state index in [4.69, 9.17) is 4.74 Å². The Labute approximate surface area is 86.0 Å². The smallest absolute Gasteiger partial charge is 0.302 e. The molecule has 0 radical (unpaired) electrons. The summed E-state index contributed by atoms with van der Waals surface area (Å²) in [6.45, 7) is 8.45. The van der Waals surface area contributed by atoms with E-state index >= 15 is 0 Å². The fourth-order valence-corrected chi connectivity index (χ4v) is 3.47. The lowest BCUT2D eigenvalue weighted by Gasteiger charge is -2.61. The van der Waals surface area contributed by atoms with E-state index in [1.807, 2.05) is 0 Å². The summed E-state index contributed by atoms with van der Waals surface area (Å²) in [6.07, 6.45) is 2.60. The molecule has 2 heteroatoms. The molecular formula is C12H20O2. The molecular weight excluding hydrogens is 176 g/mol. The molecule has 2 nitrogen and oxygen atoms in total. The Morgan fingerprint density at radius 2 is 2.00 bits per heavy atom. The third-order valence-electron chi connectivity index (χ3n) is 4.60. The molecule has 2 bridgehead atoms. The Hall–Kier alpha value is -0.530. The molecule has 2 unspecified atom stereocenters. The maximum absolute atomic E-state index is 10.9. The summed E-state index contributed by atoms with van der Waals surface area (Å²) >= 11 is 0. The zero-order valence-corrected chi connectivity index (χ0v) is 9.54. The topological polar surface area (TPSA) is 26.3 Å². The van der Waals surface area contributed by atoms with Gasteiger partial charge < -0.3 is 4.74 Å². The van der Waals surface area contributed by atoms with Gasteiger partial charge in [0.2, 0.25) is 0 Å². The number of hydrogen-bond acceptors (Lipinski definition) is 2. The van der Waals surface area contributed by atoms with Crippen LogP contribution in [0.2, 0.25) is 0 Å². The fraction of sp³-hybridized carbons (Fsp3) is 0.917. The highest BCUT2D eigenvalue weighted by Gasteiger charge is 2.57. The molecule has 3 aliphatic rings. The zero-order chi connectivity index (χ0) is 10.5. The standard InChI is InChI=1S/C12H20O2/c1-7-10-5-9(12(10,3)4)6-11(7)14-8(2)13/h7,9-11H,5-6H2,1-4H3/t7-,9?,10?,11+/m1/s1. The molecule has 3 fully saturated rings. The molecule has 0 aliphatic heterocycles. The SMILES string of the molecule is CC(=O)O[C@H]1CC2CC([C@H]1C)C2(C)C. The van der Waals surface area contributed by atoms with Gasteiger partial charge in [0.1, 0.15) is 6.10 Å². The van der Waals surface area contributed by atoms with Crippen molar-refractivity contribution in [2.24, 2.45) is 23.2 Å². The molecule has 14 heavy (non-hydrogen) atoms. The molecule has 0 aromatic heterocycles. The van der Waals surface area contributed by atoms with Gasteiger partial charge in [-0.25, -0.2) is 0 Å². The quantitative estimate of drug-likeness (QED) is 0.603. The van der Waals surface area contributed by atoms with E-state index in [1.165, 1.54) is 13.3 Å². The number of carbonyl (C=O) groups excluding carboxylic acids is 1. The van der Waals surface area contributed by atoms with E-state index < -0.39 is 0 Å². The number of esters is 1. The molecule has 0 aromatic rings. The van der Waals surface area contributed by atoms with Crippen LogP contribution in [0.15, 0.2) is 0 Å². The summed E-state index contributed by atoms with van der Waals surface area (Å²) in [4.78, 5) is 10.9. The van der Waals surface area contributed by atoms with Gasteiger partial charge in [-0.3, -0.25) is 4.79 Å². The van der Waals surface area contributed by atoms with Gasteiger partial charge in [0, 0.05) is 6.92 Å². The lowest BCUT2D eigenvalue weighted by molar-refractivity contribution is -0.184. The van der Waals surface area contributed by atoms with Gasteiger partial charge in [-0.05, 0) is 36.0 Å². The summed E-state index contributed by atoms with van der Waals surface area (Å²) in [5, 5.41) is 0. The first-order valence-electron chi connectivity index (χ1n) is 5.60. The number of ether oxygens (including phenoxy) is 1. The predicted molar refractivity (Wildman–Crippen MR) is 54.7 cm³/mol. The molecule has 3 aliphatic carbocycles.